The van der Waals surface area contributed by atoms with Crippen molar-refractivity contribution in [2.24, 2.45) is 4.99 Å². The van der Waals surface area contributed by atoms with Crippen LogP contribution >= 0.6 is 24.0 Å². The first kappa shape index (κ1) is 23.1. The molecule has 0 atom stereocenters. The summed E-state index contributed by atoms with van der Waals surface area (Å²) in [7, 11) is -1.46. The summed E-state index contributed by atoms with van der Waals surface area (Å²) in [4.78, 5) is 4.08. The van der Waals surface area contributed by atoms with E-state index in [0.717, 1.165) is 5.56 Å². The maximum atomic E-state index is 13.1. The molecule has 0 fully saturated rings. The summed E-state index contributed by atoms with van der Waals surface area (Å²) in [6, 6.07) is 6.50. The van der Waals surface area contributed by atoms with Crippen LogP contribution in [0.5, 0.6) is 0 Å². The molecule has 0 aliphatic rings. The highest BCUT2D eigenvalue weighted by molar-refractivity contribution is 14.0. The Hall–Kier alpha value is -0.940. The van der Waals surface area contributed by atoms with E-state index in [1.54, 1.807) is 20.0 Å². The van der Waals surface area contributed by atoms with Gasteiger partial charge < -0.3 is 10.6 Å². The van der Waals surface area contributed by atoms with Gasteiger partial charge in [-0.05, 0) is 37.5 Å². The van der Waals surface area contributed by atoms with Crippen molar-refractivity contribution < 1.29 is 12.8 Å². The van der Waals surface area contributed by atoms with Crippen LogP contribution < -0.4 is 15.4 Å². The Bertz CT molecular complexity index is 611. The molecular weight excluding hydrogens is 446 g/mol. The van der Waals surface area contributed by atoms with Crippen molar-refractivity contribution >= 4 is 40.0 Å². The number of rotatable bonds is 9. The number of halogens is 2. The van der Waals surface area contributed by atoms with Gasteiger partial charge in [0.25, 0.3) is 0 Å². The van der Waals surface area contributed by atoms with Crippen LogP contribution in [-0.2, 0) is 16.4 Å². The molecule has 0 bridgehead atoms. The normalized spacial score (nSPS) is 11.7. The van der Waals surface area contributed by atoms with E-state index in [2.05, 4.69) is 20.3 Å². The van der Waals surface area contributed by atoms with Crippen LogP contribution in [0.15, 0.2) is 29.3 Å². The van der Waals surface area contributed by atoms with Crippen molar-refractivity contribution in [1.82, 2.24) is 15.4 Å². The Morgan fingerprint density at radius 2 is 1.92 bits per heavy atom. The molecule has 0 unspecified atom stereocenters. The van der Waals surface area contributed by atoms with Gasteiger partial charge in [-0.1, -0.05) is 12.1 Å². The maximum absolute atomic E-state index is 13.1. The highest BCUT2D eigenvalue weighted by Gasteiger charge is 2.04. The van der Waals surface area contributed by atoms with Crippen molar-refractivity contribution in [2.45, 2.75) is 19.8 Å². The van der Waals surface area contributed by atoms with Gasteiger partial charge in [0.05, 0.1) is 5.75 Å². The number of hydrogen-bond acceptors (Lipinski definition) is 3. The summed E-state index contributed by atoms with van der Waals surface area (Å²) >= 11 is 0. The third-order valence-corrected chi connectivity index (χ3v) is 4.57. The Morgan fingerprint density at radius 1 is 1.21 bits per heavy atom. The smallest absolute Gasteiger partial charge is 0.211 e. The zero-order valence-electron chi connectivity index (χ0n) is 14.0. The summed E-state index contributed by atoms with van der Waals surface area (Å²) in [6.45, 7) is 3.23. The molecule has 0 radical (unpaired) electrons. The van der Waals surface area contributed by atoms with E-state index in [1.165, 1.54) is 12.1 Å². The average Bonchev–Trinajstić information content (AvgIpc) is 2.53. The Balaban J connectivity index is 0.00000529. The number of nitrogens with one attached hydrogen (secondary N) is 3. The summed E-state index contributed by atoms with van der Waals surface area (Å²) in [5.74, 6) is 0.489. The fourth-order valence-electron chi connectivity index (χ4n) is 1.86. The molecule has 3 N–H and O–H groups in total. The van der Waals surface area contributed by atoms with Crippen LogP contribution in [0, 0.1) is 5.82 Å². The van der Waals surface area contributed by atoms with Gasteiger partial charge in [-0.3, -0.25) is 4.99 Å². The first-order chi connectivity index (χ1) is 11.0. The lowest BCUT2D eigenvalue weighted by molar-refractivity contribution is 0.579. The topological polar surface area (TPSA) is 82.6 Å². The van der Waals surface area contributed by atoms with E-state index in [-0.39, 0.29) is 35.5 Å². The Labute approximate surface area is 160 Å². The molecule has 1 rings (SSSR count). The number of guanidine groups is 1. The summed E-state index contributed by atoms with van der Waals surface area (Å²) in [5.41, 5.74) is 0.918. The van der Waals surface area contributed by atoms with E-state index < -0.39 is 10.0 Å². The van der Waals surface area contributed by atoms with Crippen LogP contribution in [0.25, 0.3) is 0 Å². The van der Waals surface area contributed by atoms with Gasteiger partial charge in [0.2, 0.25) is 10.0 Å². The largest absolute Gasteiger partial charge is 0.356 e. The van der Waals surface area contributed by atoms with E-state index in [4.69, 9.17) is 0 Å². The first-order valence-electron chi connectivity index (χ1n) is 7.63. The first-order valence-corrected chi connectivity index (χ1v) is 9.28. The van der Waals surface area contributed by atoms with Crippen LogP contribution in [-0.4, -0.2) is 46.8 Å². The van der Waals surface area contributed by atoms with Crippen molar-refractivity contribution in [2.75, 3.05) is 32.4 Å². The van der Waals surface area contributed by atoms with E-state index in [0.29, 0.717) is 38.4 Å². The van der Waals surface area contributed by atoms with E-state index in [1.807, 2.05) is 6.07 Å². The van der Waals surface area contributed by atoms with Gasteiger partial charge in [0, 0.05) is 26.7 Å². The highest BCUT2D eigenvalue weighted by Crippen LogP contribution is 2.03. The van der Waals surface area contributed by atoms with Gasteiger partial charge in [0.15, 0.2) is 5.96 Å². The zero-order valence-corrected chi connectivity index (χ0v) is 17.2. The number of sulfonamides is 1. The molecule has 0 aliphatic heterocycles. The minimum atomic E-state index is -3.13. The predicted octanol–water partition coefficient (Wildman–Crippen LogP) is 1.48. The van der Waals surface area contributed by atoms with Gasteiger partial charge in [-0.15, -0.1) is 24.0 Å². The zero-order chi connectivity index (χ0) is 17.1. The molecule has 0 saturated heterocycles. The van der Waals surface area contributed by atoms with Crippen molar-refractivity contribution in [1.29, 1.82) is 0 Å². The number of benzene rings is 1. The van der Waals surface area contributed by atoms with E-state index in [9.17, 15) is 12.8 Å². The predicted molar refractivity (Wildman–Crippen MR) is 107 cm³/mol. The molecule has 138 valence electrons. The number of nitrogens with zero attached hydrogens (tertiary/aromatic N) is 1. The molecule has 0 aromatic heterocycles. The lowest BCUT2D eigenvalue weighted by Crippen LogP contribution is -2.39. The average molecular weight is 472 g/mol. The minimum Gasteiger partial charge on any atom is -0.356 e. The van der Waals surface area contributed by atoms with Crippen LogP contribution in [0.2, 0.25) is 0 Å². The molecule has 1 aromatic carbocycles. The second-order valence-electron chi connectivity index (χ2n) is 4.96. The summed E-state index contributed by atoms with van der Waals surface area (Å²) in [5, 5.41) is 6.23. The van der Waals surface area contributed by atoms with Crippen molar-refractivity contribution in [3.63, 3.8) is 0 Å². The molecule has 0 saturated carbocycles. The fraction of sp³-hybridized carbons (Fsp3) is 0.533. The summed E-state index contributed by atoms with van der Waals surface area (Å²) < 4.78 is 38.1. The molecule has 6 nitrogen and oxygen atoms in total. The van der Waals surface area contributed by atoms with Crippen molar-refractivity contribution in [3.05, 3.63) is 35.6 Å². The Kier molecular flexibility index (Phi) is 11.9. The number of hydrogen-bond donors (Lipinski definition) is 3. The van der Waals surface area contributed by atoms with Gasteiger partial charge in [0.1, 0.15) is 5.82 Å². The molecule has 0 amide bonds. The molecule has 1 aromatic rings. The number of aliphatic imine (C=N–C) groups is 1. The fourth-order valence-corrected chi connectivity index (χ4v) is 2.52. The van der Waals surface area contributed by atoms with E-state index >= 15 is 0 Å². The third-order valence-electron chi connectivity index (χ3n) is 3.17. The molecular formula is C15H26FIN4O2S. The SMILES string of the molecule is CCS(=O)(=O)NCCCNC(=NC)NCCc1cccc(F)c1.I. The summed E-state index contributed by atoms with van der Waals surface area (Å²) in [6.07, 6.45) is 1.35. The second-order valence-corrected chi connectivity index (χ2v) is 7.05. The molecule has 0 aliphatic carbocycles. The maximum Gasteiger partial charge on any atom is 0.211 e. The van der Waals surface area contributed by atoms with Crippen LogP contribution in [0.1, 0.15) is 18.9 Å². The quantitative estimate of drug-likeness (QED) is 0.220. The highest BCUT2D eigenvalue weighted by atomic mass is 127. The second kappa shape index (κ2) is 12.4. The standard InChI is InChI=1S/C15H25FN4O2S.HI/c1-3-23(21,22)20-10-5-9-18-15(17-2)19-11-8-13-6-4-7-14(16)12-13;/h4,6-7,12,20H,3,5,8-11H2,1-2H3,(H2,17,18,19);1H. The molecule has 0 spiro atoms. The molecule has 24 heavy (non-hydrogen) atoms. The third kappa shape index (κ3) is 10.0. The van der Waals surface area contributed by atoms with Crippen LogP contribution in [0.3, 0.4) is 0 Å². The van der Waals surface area contributed by atoms with Gasteiger partial charge in [-0.2, -0.15) is 0 Å². The molecule has 0 heterocycles. The molecule has 9 heteroatoms. The monoisotopic (exact) mass is 472 g/mol. The minimum absolute atomic E-state index is 0. The van der Waals surface area contributed by atoms with Gasteiger partial charge in [-0.25, -0.2) is 17.5 Å². The lowest BCUT2D eigenvalue weighted by Gasteiger charge is -2.12. The Morgan fingerprint density at radius 3 is 2.54 bits per heavy atom. The van der Waals surface area contributed by atoms with Crippen molar-refractivity contribution in [3.8, 4) is 0 Å². The van der Waals surface area contributed by atoms with Gasteiger partial charge >= 0.3 is 0 Å². The lowest BCUT2D eigenvalue weighted by atomic mass is 10.1. The van der Waals surface area contributed by atoms with Crippen LogP contribution in [0.4, 0.5) is 4.39 Å².